The van der Waals surface area contributed by atoms with Crippen molar-refractivity contribution in [3.8, 4) is 0 Å². The molecule has 2 aromatic heterocycles. The lowest BCUT2D eigenvalue weighted by molar-refractivity contribution is 0.0996. The van der Waals surface area contributed by atoms with E-state index >= 15 is 0 Å². The molecule has 1 saturated carbocycles. The molecule has 1 aliphatic rings. The Morgan fingerprint density at radius 2 is 1.93 bits per heavy atom. The van der Waals surface area contributed by atoms with Gasteiger partial charge in [0.1, 0.15) is 0 Å². The smallest absolute Gasteiger partial charge is 0.269 e. The lowest BCUT2D eigenvalue weighted by Gasteiger charge is -2.30. The largest absolute Gasteiger partial charge is 0.379 e. The van der Waals surface area contributed by atoms with Gasteiger partial charge in [0.25, 0.3) is 5.91 Å². The molecule has 2 atom stereocenters. The minimum absolute atomic E-state index is 0.119. The minimum Gasteiger partial charge on any atom is -0.379 e. The number of fused-ring (bicyclic) bond motifs is 1. The second kappa shape index (κ2) is 7.82. The number of nitrogens with one attached hydrogen (secondary N) is 2. The Hall–Kier alpha value is -3.19. The average Bonchev–Trinajstić information content (AvgIpc) is 2.70. The fourth-order valence-corrected chi connectivity index (χ4v) is 3.70. The van der Waals surface area contributed by atoms with E-state index in [0.29, 0.717) is 5.69 Å². The van der Waals surface area contributed by atoms with E-state index in [1.807, 2.05) is 36.4 Å². The van der Waals surface area contributed by atoms with Crippen LogP contribution in [-0.2, 0) is 0 Å². The summed E-state index contributed by atoms with van der Waals surface area (Å²) in [7, 11) is 0. The van der Waals surface area contributed by atoms with Gasteiger partial charge in [0, 0.05) is 29.4 Å². The molecular weight excluding hydrogens is 352 g/mol. The number of pyridine rings is 2. The van der Waals surface area contributed by atoms with Crippen LogP contribution >= 0.6 is 0 Å². The maximum Gasteiger partial charge on any atom is 0.269 e. The first-order valence-corrected chi connectivity index (χ1v) is 9.54. The van der Waals surface area contributed by atoms with Crippen LogP contribution < -0.4 is 22.1 Å². The Bertz CT molecular complexity index is 1010. The number of nitrogens with zero attached hydrogens (tertiary/aromatic N) is 2. The third kappa shape index (κ3) is 3.89. The molecule has 0 saturated heterocycles. The highest BCUT2D eigenvalue weighted by Gasteiger charge is 2.22. The molecule has 2 heterocycles. The third-order valence-electron chi connectivity index (χ3n) is 5.17. The lowest BCUT2D eigenvalue weighted by atomic mass is 9.91. The number of hydrogen-bond donors (Lipinski definition) is 4. The van der Waals surface area contributed by atoms with Crippen LogP contribution in [0.5, 0.6) is 0 Å². The molecule has 1 aliphatic carbocycles. The number of anilines is 3. The van der Waals surface area contributed by atoms with Crippen LogP contribution in [0.3, 0.4) is 0 Å². The minimum atomic E-state index is -0.578. The molecule has 0 unspecified atom stereocenters. The maximum atomic E-state index is 11.8. The van der Waals surface area contributed by atoms with Gasteiger partial charge >= 0.3 is 0 Å². The van der Waals surface area contributed by atoms with Crippen LogP contribution in [0.1, 0.15) is 36.2 Å². The molecule has 4 rings (SSSR count). The summed E-state index contributed by atoms with van der Waals surface area (Å²) in [4.78, 5) is 20.4. The standard InChI is InChI=1S/C21H24N6O/c22-16-5-1-2-6-18(16)27-15-11-19(20(21(23)28)25-12-15)26-14-7-8-17-13(10-14)4-3-9-24-17/h3-4,7-12,16,18,26-27H,1-2,5-6,22H2,(H2,23,28)/t16-,18+/m0/s1. The molecule has 0 aliphatic heterocycles. The summed E-state index contributed by atoms with van der Waals surface area (Å²) in [6, 6.07) is 11.9. The third-order valence-corrected chi connectivity index (χ3v) is 5.17. The average molecular weight is 376 g/mol. The summed E-state index contributed by atoms with van der Waals surface area (Å²) >= 11 is 0. The van der Waals surface area contributed by atoms with E-state index in [-0.39, 0.29) is 17.8 Å². The first-order valence-electron chi connectivity index (χ1n) is 9.54. The molecule has 0 spiro atoms. The Morgan fingerprint density at radius 3 is 2.75 bits per heavy atom. The fraction of sp³-hybridized carbons (Fsp3) is 0.286. The summed E-state index contributed by atoms with van der Waals surface area (Å²) in [5, 5.41) is 7.74. The van der Waals surface area contributed by atoms with Crippen LogP contribution in [0.2, 0.25) is 0 Å². The van der Waals surface area contributed by atoms with Gasteiger partial charge in [0.15, 0.2) is 5.69 Å². The first-order chi connectivity index (χ1) is 13.6. The number of primary amides is 1. The Morgan fingerprint density at radius 1 is 1.07 bits per heavy atom. The molecule has 0 radical (unpaired) electrons. The number of benzene rings is 1. The Balaban J connectivity index is 1.62. The van der Waals surface area contributed by atoms with Crippen molar-refractivity contribution >= 4 is 33.9 Å². The van der Waals surface area contributed by atoms with Gasteiger partial charge in [-0.15, -0.1) is 0 Å². The second-order valence-electron chi connectivity index (χ2n) is 7.22. The number of hydrogen-bond acceptors (Lipinski definition) is 6. The van der Waals surface area contributed by atoms with E-state index in [1.54, 1.807) is 12.4 Å². The molecule has 1 fully saturated rings. The van der Waals surface area contributed by atoms with Crippen molar-refractivity contribution in [3.63, 3.8) is 0 Å². The van der Waals surface area contributed by atoms with Gasteiger partial charge < -0.3 is 22.1 Å². The van der Waals surface area contributed by atoms with Crippen LogP contribution in [-0.4, -0.2) is 28.0 Å². The molecule has 7 nitrogen and oxygen atoms in total. The topological polar surface area (TPSA) is 119 Å². The van der Waals surface area contributed by atoms with Crippen molar-refractivity contribution in [2.24, 2.45) is 11.5 Å². The van der Waals surface area contributed by atoms with Crippen molar-refractivity contribution < 1.29 is 4.79 Å². The number of aromatic nitrogens is 2. The molecule has 7 heteroatoms. The highest BCUT2D eigenvalue weighted by Crippen LogP contribution is 2.27. The van der Waals surface area contributed by atoms with E-state index in [1.165, 1.54) is 6.42 Å². The number of rotatable bonds is 5. The van der Waals surface area contributed by atoms with Gasteiger partial charge in [-0.2, -0.15) is 0 Å². The van der Waals surface area contributed by atoms with Gasteiger partial charge in [-0.05, 0) is 43.2 Å². The van der Waals surface area contributed by atoms with Crippen molar-refractivity contribution in [1.29, 1.82) is 0 Å². The van der Waals surface area contributed by atoms with Gasteiger partial charge in [-0.1, -0.05) is 18.9 Å². The Labute approximate surface area is 163 Å². The zero-order valence-corrected chi connectivity index (χ0v) is 15.6. The molecule has 144 valence electrons. The molecule has 3 aromatic rings. The van der Waals surface area contributed by atoms with Gasteiger partial charge in [-0.3, -0.25) is 9.78 Å². The quantitative estimate of drug-likeness (QED) is 0.543. The monoisotopic (exact) mass is 376 g/mol. The predicted octanol–water partition coefficient (Wildman–Crippen LogP) is 3.15. The van der Waals surface area contributed by atoms with E-state index in [4.69, 9.17) is 11.5 Å². The highest BCUT2D eigenvalue weighted by atomic mass is 16.1. The lowest BCUT2D eigenvalue weighted by Crippen LogP contribution is -2.42. The number of amides is 1. The molecule has 28 heavy (non-hydrogen) atoms. The number of nitrogens with two attached hydrogens (primary N) is 2. The van der Waals surface area contributed by atoms with E-state index < -0.39 is 5.91 Å². The normalized spacial score (nSPS) is 19.3. The maximum absolute atomic E-state index is 11.8. The molecular formula is C21H24N6O. The van der Waals surface area contributed by atoms with Crippen LogP contribution in [0, 0.1) is 0 Å². The van der Waals surface area contributed by atoms with Crippen LogP contribution in [0.25, 0.3) is 10.9 Å². The molecule has 0 bridgehead atoms. The van der Waals surface area contributed by atoms with E-state index in [0.717, 1.165) is 41.5 Å². The summed E-state index contributed by atoms with van der Waals surface area (Å²) < 4.78 is 0. The van der Waals surface area contributed by atoms with E-state index in [2.05, 4.69) is 20.6 Å². The van der Waals surface area contributed by atoms with Gasteiger partial charge in [-0.25, -0.2) is 4.98 Å². The molecule has 1 aromatic carbocycles. The van der Waals surface area contributed by atoms with Crippen molar-refractivity contribution in [3.05, 3.63) is 54.5 Å². The second-order valence-corrected chi connectivity index (χ2v) is 7.22. The molecule has 6 N–H and O–H groups in total. The summed E-state index contributed by atoms with van der Waals surface area (Å²) in [6.07, 6.45) is 7.77. The number of carbonyl (C=O) groups excluding carboxylic acids is 1. The van der Waals surface area contributed by atoms with Crippen molar-refractivity contribution in [2.75, 3.05) is 10.6 Å². The van der Waals surface area contributed by atoms with Gasteiger partial charge in [0.05, 0.1) is 23.1 Å². The summed E-state index contributed by atoms with van der Waals surface area (Å²) in [5.41, 5.74) is 15.1. The zero-order valence-electron chi connectivity index (χ0n) is 15.6. The van der Waals surface area contributed by atoms with Crippen LogP contribution in [0.15, 0.2) is 48.8 Å². The number of carbonyl (C=O) groups is 1. The zero-order chi connectivity index (χ0) is 19.5. The van der Waals surface area contributed by atoms with Crippen LogP contribution in [0.4, 0.5) is 17.1 Å². The highest BCUT2D eigenvalue weighted by molar-refractivity contribution is 5.98. The predicted molar refractivity (Wildman–Crippen MR) is 112 cm³/mol. The molecule has 1 amide bonds. The van der Waals surface area contributed by atoms with Gasteiger partial charge in [0.2, 0.25) is 0 Å². The first kappa shape index (κ1) is 18.2. The fourth-order valence-electron chi connectivity index (χ4n) is 3.70. The SMILES string of the molecule is NC(=O)c1ncc(N[C@@H]2CCCC[C@@H]2N)cc1Nc1ccc2ncccc2c1. The van der Waals surface area contributed by atoms with E-state index in [9.17, 15) is 4.79 Å². The van der Waals surface area contributed by atoms with Crippen molar-refractivity contribution in [2.45, 2.75) is 37.8 Å². The Kier molecular flexibility index (Phi) is 5.08. The summed E-state index contributed by atoms with van der Waals surface area (Å²) in [5.74, 6) is -0.578. The van der Waals surface area contributed by atoms with Crippen molar-refractivity contribution in [1.82, 2.24) is 9.97 Å². The summed E-state index contributed by atoms with van der Waals surface area (Å²) in [6.45, 7) is 0.